The van der Waals surface area contributed by atoms with Crippen LogP contribution in [0.15, 0.2) is 0 Å². The van der Waals surface area contributed by atoms with Gasteiger partial charge in [-0.2, -0.15) is 0 Å². The van der Waals surface area contributed by atoms with Crippen molar-refractivity contribution in [3.05, 3.63) is 0 Å². The van der Waals surface area contributed by atoms with Crippen LogP contribution in [-0.4, -0.2) is 8.80 Å². The average molecular weight is 157 g/mol. The maximum atomic E-state index is 2.46. The van der Waals surface area contributed by atoms with E-state index in [1.807, 2.05) is 0 Å². The lowest BCUT2D eigenvalue weighted by molar-refractivity contribution is 0.722. The van der Waals surface area contributed by atoms with Gasteiger partial charge in [-0.15, -0.1) is 0 Å². The monoisotopic (exact) mass is 157 g/mol. The fourth-order valence-electron chi connectivity index (χ4n) is 0.817. The van der Waals surface area contributed by atoms with Crippen molar-refractivity contribution in [2.45, 2.75) is 58.2 Å². The SMILES string of the molecule is CCCC[Si](C)C(C)(C)C. The molecule has 0 saturated heterocycles. The van der Waals surface area contributed by atoms with Gasteiger partial charge in [-0.3, -0.25) is 0 Å². The maximum Gasteiger partial charge on any atom is 0.0503 e. The summed E-state index contributed by atoms with van der Waals surface area (Å²) in [5, 5.41) is 0.611. The Kier molecular flexibility index (Phi) is 4.26. The molecule has 0 aromatic carbocycles. The van der Waals surface area contributed by atoms with E-state index in [1.54, 1.807) is 0 Å². The summed E-state index contributed by atoms with van der Waals surface area (Å²) in [5.74, 6) is 0. The van der Waals surface area contributed by atoms with Gasteiger partial charge in [0, 0.05) is 0 Å². The van der Waals surface area contributed by atoms with Gasteiger partial charge in [0.1, 0.15) is 0 Å². The number of hydrogen-bond acceptors (Lipinski definition) is 0. The molecule has 0 saturated carbocycles. The maximum absolute atomic E-state index is 2.46. The molecule has 0 amide bonds. The molecular formula is C9H21Si. The Morgan fingerprint density at radius 2 is 1.70 bits per heavy atom. The van der Waals surface area contributed by atoms with E-state index in [1.165, 1.54) is 18.9 Å². The quantitative estimate of drug-likeness (QED) is 0.548. The van der Waals surface area contributed by atoms with E-state index >= 15 is 0 Å². The highest BCUT2D eigenvalue weighted by atomic mass is 28.3. The third-order valence-corrected chi connectivity index (χ3v) is 5.85. The van der Waals surface area contributed by atoms with Gasteiger partial charge in [0.05, 0.1) is 8.80 Å². The summed E-state index contributed by atoms with van der Waals surface area (Å²) in [6, 6.07) is 1.49. The van der Waals surface area contributed by atoms with Gasteiger partial charge >= 0.3 is 0 Å². The average Bonchev–Trinajstić information content (AvgIpc) is 1.80. The fraction of sp³-hybridized carbons (Fsp3) is 1.00. The highest BCUT2D eigenvalue weighted by Crippen LogP contribution is 2.29. The Morgan fingerprint density at radius 1 is 1.20 bits per heavy atom. The summed E-state index contributed by atoms with van der Waals surface area (Å²) in [7, 11) is -0.0678. The molecule has 0 aromatic rings. The molecule has 1 radical (unpaired) electrons. The van der Waals surface area contributed by atoms with Crippen molar-refractivity contribution >= 4 is 8.80 Å². The van der Waals surface area contributed by atoms with Crippen molar-refractivity contribution < 1.29 is 0 Å². The second-order valence-electron chi connectivity index (χ2n) is 4.13. The molecule has 0 nitrogen and oxygen atoms in total. The van der Waals surface area contributed by atoms with Crippen LogP contribution in [0, 0.1) is 0 Å². The molecule has 0 aliphatic carbocycles. The Labute approximate surface area is 67.6 Å². The van der Waals surface area contributed by atoms with Crippen LogP contribution in [0.2, 0.25) is 17.6 Å². The molecule has 1 heteroatoms. The normalized spacial score (nSPS) is 12.6. The minimum Gasteiger partial charge on any atom is -0.0707 e. The molecule has 0 atom stereocenters. The topological polar surface area (TPSA) is 0 Å². The van der Waals surface area contributed by atoms with Gasteiger partial charge in [0.2, 0.25) is 0 Å². The van der Waals surface area contributed by atoms with Crippen molar-refractivity contribution in [1.82, 2.24) is 0 Å². The molecule has 0 aliphatic rings. The number of hydrogen-bond donors (Lipinski definition) is 0. The third kappa shape index (κ3) is 4.10. The van der Waals surface area contributed by atoms with E-state index in [9.17, 15) is 0 Å². The van der Waals surface area contributed by atoms with E-state index in [-0.39, 0.29) is 8.80 Å². The predicted molar refractivity (Wildman–Crippen MR) is 51.0 cm³/mol. The van der Waals surface area contributed by atoms with Crippen LogP contribution >= 0.6 is 0 Å². The molecule has 0 N–H and O–H groups in total. The molecule has 0 aromatic heterocycles. The van der Waals surface area contributed by atoms with Gasteiger partial charge in [0.25, 0.3) is 0 Å². The lowest BCUT2D eigenvalue weighted by Crippen LogP contribution is -2.20. The first-order valence-electron chi connectivity index (χ1n) is 4.31. The second-order valence-corrected chi connectivity index (χ2v) is 7.69. The van der Waals surface area contributed by atoms with Crippen molar-refractivity contribution in [3.63, 3.8) is 0 Å². The van der Waals surface area contributed by atoms with E-state index in [0.29, 0.717) is 5.04 Å². The Morgan fingerprint density at radius 3 is 2.00 bits per heavy atom. The van der Waals surface area contributed by atoms with Gasteiger partial charge in [-0.1, -0.05) is 53.1 Å². The molecule has 0 aliphatic heterocycles. The summed E-state index contributed by atoms with van der Waals surface area (Å²) in [5.41, 5.74) is 0. The van der Waals surface area contributed by atoms with Crippen molar-refractivity contribution in [2.24, 2.45) is 0 Å². The first-order chi connectivity index (χ1) is 4.48. The van der Waals surface area contributed by atoms with Gasteiger partial charge in [-0.25, -0.2) is 0 Å². The molecule has 0 rings (SSSR count). The number of unbranched alkanes of at least 4 members (excludes halogenated alkanes) is 1. The highest BCUT2D eigenvalue weighted by Gasteiger charge is 2.20. The molecule has 0 bridgehead atoms. The van der Waals surface area contributed by atoms with Crippen molar-refractivity contribution in [1.29, 1.82) is 0 Å². The van der Waals surface area contributed by atoms with Crippen LogP contribution in [0.4, 0.5) is 0 Å². The standard InChI is InChI=1S/C9H21Si/c1-6-7-8-10(5)9(2,3)4/h6-8H2,1-5H3. The van der Waals surface area contributed by atoms with Crippen LogP contribution in [-0.2, 0) is 0 Å². The molecule has 61 valence electrons. The zero-order valence-corrected chi connectivity index (χ0v) is 9.12. The Hall–Kier alpha value is 0.217. The van der Waals surface area contributed by atoms with Gasteiger partial charge in [0.15, 0.2) is 0 Å². The van der Waals surface area contributed by atoms with Crippen LogP contribution in [0.1, 0.15) is 40.5 Å². The predicted octanol–water partition coefficient (Wildman–Crippen LogP) is 3.71. The van der Waals surface area contributed by atoms with Gasteiger partial charge < -0.3 is 0 Å². The number of rotatable bonds is 3. The van der Waals surface area contributed by atoms with E-state index < -0.39 is 0 Å². The summed E-state index contributed by atoms with van der Waals surface area (Å²) in [6.07, 6.45) is 2.79. The summed E-state index contributed by atoms with van der Waals surface area (Å²) in [4.78, 5) is 0. The second kappa shape index (κ2) is 4.17. The minimum absolute atomic E-state index is 0.0678. The minimum atomic E-state index is -0.0678. The van der Waals surface area contributed by atoms with Crippen LogP contribution in [0.25, 0.3) is 0 Å². The third-order valence-electron chi connectivity index (χ3n) is 2.19. The largest absolute Gasteiger partial charge is 0.0707 e. The first-order valence-corrected chi connectivity index (χ1v) is 6.52. The highest BCUT2D eigenvalue weighted by molar-refractivity contribution is 6.60. The van der Waals surface area contributed by atoms with Crippen LogP contribution in [0.5, 0.6) is 0 Å². The molecule has 0 fully saturated rings. The smallest absolute Gasteiger partial charge is 0.0503 e. The van der Waals surface area contributed by atoms with Crippen molar-refractivity contribution in [2.75, 3.05) is 0 Å². The summed E-state index contributed by atoms with van der Waals surface area (Å²) < 4.78 is 0. The van der Waals surface area contributed by atoms with E-state index in [2.05, 4.69) is 34.2 Å². The zero-order chi connectivity index (χ0) is 8.20. The fourth-order valence-corrected chi connectivity index (χ4v) is 2.45. The van der Waals surface area contributed by atoms with E-state index in [0.717, 1.165) is 0 Å². The molecular weight excluding hydrogens is 136 g/mol. The molecule has 0 heterocycles. The van der Waals surface area contributed by atoms with Gasteiger partial charge in [-0.05, 0) is 5.04 Å². The lowest BCUT2D eigenvalue weighted by Gasteiger charge is -2.25. The van der Waals surface area contributed by atoms with E-state index in [4.69, 9.17) is 0 Å². The Bertz CT molecular complexity index is 81.2. The molecule has 10 heavy (non-hydrogen) atoms. The summed E-state index contributed by atoms with van der Waals surface area (Å²) in [6.45, 7) is 11.9. The zero-order valence-electron chi connectivity index (χ0n) is 8.12. The first kappa shape index (κ1) is 10.2. The van der Waals surface area contributed by atoms with Crippen LogP contribution < -0.4 is 0 Å². The summed E-state index contributed by atoms with van der Waals surface area (Å²) >= 11 is 0. The van der Waals surface area contributed by atoms with Crippen molar-refractivity contribution in [3.8, 4) is 0 Å². The van der Waals surface area contributed by atoms with Crippen LogP contribution in [0.3, 0.4) is 0 Å². The Balaban J connectivity index is 3.52. The molecule has 0 spiro atoms. The molecule has 0 unspecified atom stereocenters. The lowest BCUT2D eigenvalue weighted by atomic mass is 10.2.